The molecule has 0 radical (unpaired) electrons. The van der Waals surface area contributed by atoms with Crippen LogP contribution in [0.2, 0.25) is 0 Å². The Labute approximate surface area is 115 Å². The largest absolute Gasteiger partial charge is 0.299 e. The van der Waals surface area contributed by atoms with Crippen molar-refractivity contribution in [3.05, 3.63) is 29.8 Å². The van der Waals surface area contributed by atoms with E-state index < -0.39 is 9.84 Å². The first-order valence-corrected chi connectivity index (χ1v) is 8.68. The third kappa shape index (κ3) is 2.32. The minimum absolute atomic E-state index is 0.202. The van der Waals surface area contributed by atoms with Crippen molar-refractivity contribution in [2.24, 2.45) is 0 Å². The predicted molar refractivity (Wildman–Crippen MR) is 76.0 cm³/mol. The van der Waals surface area contributed by atoms with Gasteiger partial charge in [-0.05, 0) is 57.8 Å². The maximum atomic E-state index is 12.8. The third-order valence-corrected chi connectivity index (χ3v) is 6.80. The van der Waals surface area contributed by atoms with Gasteiger partial charge in [-0.1, -0.05) is 17.7 Å². The number of hydrogen-bond acceptors (Lipinski definition) is 3. The zero-order valence-electron chi connectivity index (χ0n) is 11.4. The fraction of sp³-hybridized carbons (Fsp3) is 0.600. The van der Waals surface area contributed by atoms with Gasteiger partial charge in [0.1, 0.15) is 0 Å². The van der Waals surface area contributed by atoms with E-state index in [9.17, 15) is 8.42 Å². The summed E-state index contributed by atoms with van der Waals surface area (Å²) >= 11 is 0. The SMILES string of the molecule is Cc1ccc(S(=O)(=O)[C@@H]2CCCN3CCC[C@@H]23)cc1. The summed E-state index contributed by atoms with van der Waals surface area (Å²) in [6.45, 7) is 4.13. The van der Waals surface area contributed by atoms with E-state index in [4.69, 9.17) is 0 Å². The number of sulfone groups is 1. The molecule has 0 bridgehead atoms. The Morgan fingerprint density at radius 3 is 2.37 bits per heavy atom. The Morgan fingerprint density at radius 1 is 1.05 bits per heavy atom. The number of benzene rings is 1. The molecule has 2 fully saturated rings. The predicted octanol–water partition coefficient (Wildman–Crippen LogP) is 2.40. The van der Waals surface area contributed by atoms with Gasteiger partial charge in [0.25, 0.3) is 0 Å². The fourth-order valence-corrected chi connectivity index (χ4v) is 5.57. The average Bonchev–Trinajstić information content (AvgIpc) is 2.87. The van der Waals surface area contributed by atoms with Crippen LogP contribution in [0.3, 0.4) is 0 Å². The van der Waals surface area contributed by atoms with Gasteiger partial charge in [-0.15, -0.1) is 0 Å². The molecule has 104 valence electrons. The Balaban J connectivity index is 1.93. The van der Waals surface area contributed by atoms with Crippen LogP contribution in [0.5, 0.6) is 0 Å². The molecule has 4 heteroatoms. The van der Waals surface area contributed by atoms with Gasteiger partial charge in [-0.3, -0.25) is 4.90 Å². The van der Waals surface area contributed by atoms with E-state index in [2.05, 4.69) is 4.90 Å². The van der Waals surface area contributed by atoms with Crippen LogP contribution in [0, 0.1) is 6.92 Å². The zero-order valence-corrected chi connectivity index (χ0v) is 12.2. The summed E-state index contributed by atoms with van der Waals surface area (Å²) in [6, 6.07) is 7.56. The summed E-state index contributed by atoms with van der Waals surface area (Å²) in [5.41, 5.74) is 1.10. The van der Waals surface area contributed by atoms with Crippen LogP contribution in [0.25, 0.3) is 0 Å². The first-order valence-electron chi connectivity index (χ1n) is 7.14. The van der Waals surface area contributed by atoms with Crippen LogP contribution in [0.1, 0.15) is 31.2 Å². The topological polar surface area (TPSA) is 37.4 Å². The Morgan fingerprint density at radius 2 is 1.68 bits per heavy atom. The third-order valence-electron chi connectivity index (χ3n) is 4.53. The van der Waals surface area contributed by atoms with Crippen LogP contribution in [0.4, 0.5) is 0 Å². The van der Waals surface area contributed by atoms with Crippen molar-refractivity contribution < 1.29 is 8.42 Å². The van der Waals surface area contributed by atoms with Gasteiger partial charge >= 0.3 is 0 Å². The molecule has 2 saturated heterocycles. The number of fused-ring (bicyclic) bond motifs is 1. The lowest BCUT2D eigenvalue weighted by atomic mass is 10.0. The normalized spacial score (nSPS) is 28.3. The summed E-state index contributed by atoms with van der Waals surface area (Å²) in [5, 5.41) is -0.202. The Kier molecular flexibility index (Phi) is 3.39. The summed E-state index contributed by atoms with van der Waals surface area (Å²) < 4.78 is 25.6. The molecule has 2 aliphatic rings. The van der Waals surface area contributed by atoms with Gasteiger partial charge in [0.05, 0.1) is 10.1 Å². The summed E-state index contributed by atoms with van der Waals surface area (Å²) in [4.78, 5) is 2.87. The molecule has 0 unspecified atom stereocenters. The molecule has 0 aliphatic carbocycles. The van der Waals surface area contributed by atoms with Crippen molar-refractivity contribution in [1.82, 2.24) is 4.90 Å². The molecule has 2 atom stereocenters. The number of nitrogens with zero attached hydrogens (tertiary/aromatic N) is 1. The van der Waals surface area contributed by atoms with Crippen molar-refractivity contribution in [3.8, 4) is 0 Å². The second-order valence-corrected chi connectivity index (χ2v) is 7.95. The molecule has 0 saturated carbocycles. The first-order chi connectivity index (χ1) is 9.09. The lowest BCUT2D eigenvalue weighted by Crippen LogP contribution is -2.47. The number of rotatable bonds is 2. The minimum atomic E-state index is -3.17. The van der Waals surface area contributed by atoms with E-state index >= 15 is 0 Å². The maximum absolute atomic E-state index is 12.8. The highest BCUT2D eigenvalue weighted by Gasteiger charge is 2.42. The van der Waals surface area contributed by atoms with E-state index in [1.54, 1.807) is 12.1 Å². The molecule has 2 heterocycles. The van der Waals surface area contributed by atoms with E-state index in [1.807, 2.05) is 19.1 Å². The quantitative estimate of drug-likeness (QED) is 0.834. The van der Waals surface area contributed by atoms with Crippen molar-refractivity contribution in [2.75, 3.05) is 13.1 Å². The van der Waals surface area contributed by atoms with Gasteiger partial charge in [0, 0.05) is 6.04 Å². The second-order valence-electron chi connectivity index (χ2n) is 5.78. The summed E-state index contributed by atoms with van der Waals surface area (Å²) in [6.07, 6.45) is 4.00. The Hall–Kier alpha value is -0.870. The van der Waals surface area contributed by atoms with Crippen LogP contribution in [-0.4, -0.2) is 37.7 Å². The van der Waals surface area contributed by atoms with Gasteiger partial charge in [-0.25, -0.2) is 8.42 Å². The molecule has 0 spiro atoms. The molecule has 0 aromatic heterocycles. The van der Waals surface area contributed by atoms with E-state index in [1.165, 1.54) is 0 Å². The smallest absolute Gasteiger partial charge is 0.182 e. The molecule has 19 heavy (non-hydrogen) atoms. The molecular weight excluding hydrogens is 258 g/mol. The van der Waals surface area contributed by atoms with E-state index in [0.717, 1.165) is 44.3 Å². The van der Waals surface area contributed by atoms with Crippen molar-refractivity contribution in [2.45, 2.75) is 48.8 Å². The lowest BCUT2D eigenvalue weighted by molar-refractivity contribution is 0.200. The van der Waals surface area contributed by atoms with Crippen molar-refractivity contribution in [3.63, 3.8) is 0 Å². The molecule has 1 aromatic rings. The number of hydrogen-bond donors (Lipinski definition) is 0. The monoisotopic (exact) mass is 279 g/mol. The fourth-order valence-electron chi connectivity index (χ4n) is 3.50. The van der Waals surface area contributed by atoms with Gasteiger partial charge in [0.2, 0.25) is 0 Å². The molecule has 2 aliphatic heterocycles. The first kappa shape index (κ1) is 13.1. The maximum Gasteiger partial charge on any atom is 0.182 e. The van der Waals surface area contributed by atoms with Gasteiger partial charge < -0.3 is 0 Å². The highest BCUT2D eigenvalue weighted by molar-refractivity contribution is 7.92. The summed E-state index contributed by atoms with van der Waals surface area (Å²) in [7, 11) is -3.17. The molecule has 0 amide bonds. The minimum Gasteiger partial charge on any atom is -0.299 e. The lowest BCUT2D eigenvalue weighted by Gasteiger charge is -2.36. The van der Waals surface area contributed by atoms with Crippen LogP contribution in [0.15, 0.2) is 29.2 Å². The molecule has 3 nitrogen and oxygen atoms in total. The van der Waals surface area contributed by atoms with E-state index in [0.29, 0.717) is 4.90 Å². The average molecular weight is 279 g/mol. The van der Waals surface area contributed by atoms with Crippen molar-refractivity contribution >= 4 is 9.84 Å². The molecular formula is C15H21NO2S. The highest BCUT2D eigenvalue weighted by Crippen LogP contribution is 2.34. The van der Waals surface area contributed by atoms with Crippen LogP contribution in [-0.2, 0) is 9.84 Å². The van der Waals surface area contributed by atoms with Crippen molar-refractivity contribution in [1.29, 1.82) is 0 Å². The van der Waals surface area contributed by atoms with Gasteiger partial charge in [0.15, 0.2) is 9.84 Å². The molecule has 3 rings (SSSR count). The summed E-state index contributed by atoms with van der Waals surface area (Å²) in [5.74, 6) is 0. The van der Waals surface area contributed by atoms with Crippen LogP contribution >= 0.6 is 0 Å². The standard InChI is InChI=1S/C15H21NO2S/c1-12-6-8-13(9-7-12)19(17,18)15-5-3-11-16-10-2-4-14(15)16/h6-9,14-15H,2-5,10-11H2,1H3/t14-,15+/m0/s1. The highest BCUT2D eigenvalue weighted by atomic mass is 32.2. The second kappa shape index (κ2) is 4.91. The van der Waals surface area contributed by atoms with Crippen LogP contribution < -0.4 is 0 Å². The number of aryl methyl sites for hydroxylation is 1. The molecule has 1 aromatic carbocycles. The number of piperidine rings is 1. The Bertz CT molecular complexity index is 550. The van der Waals surface area contributed by atoms with Gasteiger partial charge in [-0.2, -0.15) is 0 Å². The zero-order chi connectivity index (χ0) is 13.5. The van der Waals surface area contributed by atoms with E-state index in [-0.39, 0.29) is 11.3 Å². The molecule has 0 N–H and O–H groups in total.